The summed E-state index contributed by atoms with van der Waals surface area (Å²) in [4.78, 5) is 14.2. The number of anilines is 1. The van der Waals surface area contributed by atoms with E-state index in [1.54, 1.807) is 7.11 Å². The van der Waals surface area contributed by atoms with Crippen LogP contribution in [-0.4, -0.2) is 45.7 Å². The second kappa shape index (κ2) is 6.35. The monoisotopic (exact) mass is 289 g/mol. The standard InChI is InChI=1S/C16H23N3O2/c1-21-15-4-2-3-14(7-15)19-6-5-12(11-19)8-18-16(20)13-9-17-10-13/h2-4,7,12-13,17H,5-6,8-11H2,1H3,(H,18,20). The largest absolute Gasteiger partial charge is 0.497 e. The molecular formula is C16H23N3O2. The molecule has 5 nitrogen and oxygen atoms in total. The third-order valence-electron chi connectivity index (χ3n) is 4.42. The first kappa shape index (κ1) is 14.2. The molecule has 0 bridgehead atoms. The van der Waals surface area contributed by atoms with Gasteiger partial charge < -0.3 is 20.3 Å². The van der Waals surface area contributed by atoms with Gasteiger partial charge in [0.05, 0.1) is 13.0 Å². The van der Waals surface area contributed by atoms with E-state index < -0.39 is 0 Å². The lowest BCUT2D eigenvalue weighted by Gasteiger charge is -2.26. The van der Waals surface area contributed by atoms with Crippen LogP contribution in [-0.2, 0) is 4.79 Å². The lowest BCUT2D eigenvalue weighted by Crippen LogP contribution is -2.51. The van der Waals surface area contributed by atoms with Crippen LogP contribution in [0.4, 0.5) is 5.69 Å². The molecule has 2 fully saturated rings. The normalized spacial score (nSPS) is 22.0. The minimum absolute atomic E-state index is 0.181. The molecule has 5 heteroatoms. The maximum atomic E-state index is 11.8. The average molecular weight is 289 g/mol. The van der Waals surface area contributed by atoms with Crippen LogP contribution >= 0.6 is 0 Å². The minimum atomic E-state index is 0.181. The molecule has 0 aliphatic carbocycles. The zero-order valence-electron chi connectivity index (χ0n) is 12.5. The van der Waals surface area contributed by atoms with Crippen molar-refractivity contribution in [3.8, 4) is 5.75 Å². The predicted octanol–water partition coefficient (Wildman–Crippen LogP) is 0.857. The van der Waals surface area contributed by atoms with Gasteiger partial charge in [0, 0.05) is 44.5 Å². The van der Waals surface area contributed by atoms with Crippen molar-refractivity contribution in [2.45, 2.75) is 6.42 Å². The summed E-state index contributed by atoms with van der Waals surface area (Å²) >= 11 is 0. The molecule has 0 radical (unpaired) electrons. The molecule has 1 unspecified atom stereocenters. The van der Waals surface area contributed by atoms with Crippen LogP contribution in [0.15, 0.2) is 24.3 Å². The average Bonchev–Trinajstić information content (AvgIpc) is 2.92. The van der Waals surface area contributed by atoms with Crippen molar-refractivity contribution in [2.24, 2.45) is 11.8 Å². The first-order valence-electron chi connectivity index (χ1n) is 7.63. The summed E-state index contributed by atoms with van der Waals surface area (Å²) in [6.07, 6.45) is 1.13. The van der Waals surface area contributed by atoms with Gasteiger partial charge in [-0.3, -0.25) is 4.79 Å². The van der Waals surface area contributed by atoms with Gasteiger partial charge in [-0.2, -0.15) is 0 Å². The number of hydrogen-bond acceptors (Lipinski definition) is 4. The zero-order valence-corrected chi connectivity index (χ0v) is 12.5. The highest BCUT2D eigenvalue weighted by molar-refractivity contribution is 5.80. The van der Waals surface area contributed by atoms with Crippen LogP contribution in [0.1, 0.15) is 6.42 Å². The number of nitrogens with one attached hydrogen (secondary N) is 2. The van der Waals surface area contributed by atoms with Gasteiger partial charge in [0.15, 0.2) is 0 Å². The summed E-state index contributed by atoms with van der Waals surface area (Å²) in [5, 5.41) is 6.22. The van der Waals surface area contributed by atoms with Crippen LogP contribution in [0, 0.1) is 11.8 Å². The highest BCUT2D eigenvalue weighted by atomic mass is 16.5. The van der Waals surface area contributed by atoms with Crippen LogP contribution < -0.4 is 20.3 Å². The lowest BCUT2D eigenvalue weighted by molar-refractivity contribution is -0.126. The summed E-state index contributed by atoms with van der Waals surface area (Å²) < 4.78 is 5.28. The van der Waals surface area contributed by atoms with E-state index in [1.807, 2.05) is 12.1 Å². The summed E-state index contributed by atoms with van der Waals surface area (Å²) in [6.45, 7) is 4.48. The van der Waals surface area contributed by atoms with Crippen LogP contribution in [0.25, 0.3) is 0 Å². The number of methoxy groups -OCH3 is 1. The SMILES string of the molecule is COc1cccc(N2CCC(CNC(=O)C3CNC3)C2)c1. The van der Waals surface area contributed by atoms with Gasteiger partial charge in [0.25, 0.3) is 0 Å². The fraction of sp³-hybridized carbons (Fsp3) is 0.562. The molecule has 2 aliphatic rings. The van der Waals surface area contributed by atoms with Gasteiger partial charge in [0.1, 0.15) is 5.75 Å². The van der Waals surface area contributed by atoms with E-state index in [1.165, 1.54) is 5.69 Å². The molecule has 0 aromatic heterocycles. The summed E-state index contributed by atoms with van der Waals surface area (Å²) in [7, 11) is 1.69. The van der Waals surface area contributed by atoms with Crippen LogP contribution in [0.2, 0.25) is 0 Å². The summed E-state index contributed by atoms with van der Waals surface area (Å²) in [6, 6.07) is 8.17. The van der Waals surface area contributed by atoms with Gasteiger partial charge in [-0.15, -0.1) is 0 Å². The molecule has 3 rings (SSSR count). The molecule has 1 aromatic carbocycles. The van der Waals surface area contributed by atoms with E-state index >= 15 is 0 Å². The Morgan fingerprint density at radius 1 is 1.48 bits per heavy atom. The van der Waals surface area contributed by atoms with E-state index in [0.717, 1.165) is 44.9 Å². The molecule has 2 heterocycles. The van der Waals surface area contributed by atoms with E-state index in [-0.39, 0.29) is 11.8 Å². The first-order chi connectivity index (χ1) is 10.3. The van der Waals surface area contributed by atoms with Gasteiger partial charge in [-0.1, -0.05) is 6.07 Å². The number of amides is 1. The van der Waals surface area contributed by atoms with Crippen molar-refractivity contribution < 1.29 is 9.53 Å². The van der Waals surface area contributed by atoms with E-state index in [0.29, 0.717) is 5.92 Å². The highest BCUT2D eigenvalue weighted by Crippen LogP contribution is 2.26. The highest BCUT2D eigenvalue weighted by Gasteiger charge is 2.27. The van der Waals surface area contributed by atoms with Crippen LogP contribution in [0.5, 0.6) is 5.75 Å². The minimum Gasteiger partial charge on any atom is -0.497 e. The van der Waals surface area contributed by atoms with Gasteiger partial charge >= 0.3 is 0 Å². The number of rotatable bonds is 5. The Labute approximate surface area is 125 Å². The molecule has 1 aromatic rings. The number of ether oxygens (including phenoxy) is 1. The fourth-order valence-electron chi connectivity index (χ4n) is 2.90. The second-order valence-corrected chi connectivity index (χ2v) is 5.90. The molecule has 114 valence electrons. The maximum Gasteiger partial charge on any atom is 0.225 e. The lowest BCUT2D eigenvalue weighted by atomic mass is 10.0. The van der Waals surface area contributed by atoms with Crippen molar-refractivity contribution in [2.75, 3.05) is 44.7 Å². The second-order valence-electron chi connectivity index (χ2n) is 5.90. The van der Waals surface area contributed by atoms with Crippen LogP contribution in [0.3, 0.4) is 0 Å². The van der Waals surface area contributed by atoms with Crippen molar-refractivity contribution >= 4 is 11.6 Å². The van der Waals surface area contributed by atoms with Crippen molar-refractivity contribution in [1.82, 2.24) is 10.6 Å². The molecule has 1 amide bonds. The van der Waals surface area contributed by atoms with E-state index in [2.05, 4.69) is 27.7 Å². The molecule has 2 aliphatic heterocycles. The Morgan fingerprint density at radius 2 is 2.33 bits per heavy atom. The van der Waals surface area contributed by atoms with Crippen molar-refractivity contribution in [1.29, 1.82) is 0 Å². The molecular weight excluding hydrogens is 266 g/mol. The number of nitrogens with zero attached hydrogens (tertiary/aromatic N) is 1. The van der Waals surface area contributed by atoms with Crippen molar-refractivity contribution in [3.05, 3.63) is 24.3 Å². The van der Waals surface area contributed by atoms with Gasteiger partial charge in [-0.25, -0.2) is 0 Å². The molecule has 2 saturated heterocycles. The number of benzene rings is 1. The number of carbonyl (C=O) groups excluding carboxylic acids is 1. The maximum absolute atomic E-state index is 11.8. The molecule has 0 spiro atoms. The Kier molecular flexibility index (Phi) is 4.29. The quantitative estimate of drug-likeness (QED) is 0.844. The van der Waals surface area contributed by atoms with Gasteiger partial charge in [-0.05, 0) is 24.5 Å². The van der Waals surface area contributed by atoms with Gasteiger partial charge in [0.2, 0.25) is 5.91 Å². The number of carbonyl (C=O) groups is 1. The van der Waals surface area contributed by atoms with E-state index in [4.69, 9.17) is 4.74 Å². The third-order valence-corrected chi connectivity index (χ3v) is 4.42. The fourth-order valence-corrected chi connectivity index (χ4v) is 2.90. The first-order valence-corrected chi connectivity index (χ1v) is 7.63. The molecule has 0 saturated carbocycles. The summed E-state index contributed by atoms with van der Waals surface area (Å²) in [5.74, 6) is 1.81. The summed E-state index contributed by atoms with van der Waals surface area (Å²) in [5.41, 5.74) is 1.20. The third kappa shape index (κ3) is 3.29. The Bertz CT molecular complexity index is 502. The number of hydrogen-bond donors (Lipinski definition) is 2. The topological polar surface area (TPSA) is 53.6 Å². The molecule has 21 heavy (non-hydrogen) atoms. The van der Waals surface area contributed by atoms with Crippen molar-refractivity contribution in [3.63, 3.8) is 0 Å². The van der Waals surface area contributed by atoms with E-state index in [9.17, 15) is 4.79 Å². The smallest absolute Gasteiger partial charge is 0.225 e. The molecule has 1 atom stereocenters. The Hall–Kier alpha value is -1.75. The zero-order chi connectivity index (χ0) is 14.7. The molecule has 2 N–H and O–H groups in total. The Morgan fingerprint density at radius 3 is 3.05 bits per heavy atom. The predicted molar refractivity (Wildman–Crippen MR) is 82.7 cm³/mol. The Balaban J connectivity index is 1.49.